The van der Waals surface area contributed by atoms with Crippen molar-refractivity contribution in [2.75, 3.05) is 0 Å². The summed E-state index contributed by atoms with van der Waals surface area (Å²) < 4.78 is 15.1. The molecule has 3 aromatic rings. The van der Waals surface area contributed by atoms with Crippen molar-refractivity contribution in [1.29, 1.82) is 0 Å². The third kappa shape index (κ3) is 3.21. The summed E-state index contributed by atoms with van der Waals surface area (Å²) in [5.74, 6) is 0.148. The maximum atomic E-state index is 15.1. The number of rotatable bonds is 5. The molecule has 4 rings (SSSR count). The number of benzene rings is 2. The first-order valence-corrected chi connectivity index (χ1v) is 9.91. The molecule has 0 amide bonds. The van der Waals surface area contributed by atoms with Gasteiger partial charge in [0.1, 0.15) is 5.82 Å². The number of unbranched alkanes of at least 4 members (excludes halogenated alkanes) is 1. The van der Waals surface area contributed by atoms with Crippen LogP contribution in [0.2, 0.25) is 0 Å². The molecule has 0 spiro atoms. The Labute approximate surface area is 164 Å². The Hall–Kier alpha value is -2.95. The maximum absolute atomic E-state index is 15.1. The van der Waals surface area contributed by atoms with Crippen LogP contribution in [0, 0.1) is 11.7 Å². The number of aliphatic imine (C=N–C) groups is 1. The summed E-state index contributed by atoms with van der Waals surface area (Å²) in [6.07, 6.45) is 9.34. The molecule has 0 aliphatic carbocycles. The highest BCUT2D eigenvalue weighted by atomic mass is 19.1. The van der Waals surface area contributed by atoms with E-state index >= 15 is 4.39 Å². The number of fused-ring (bicyclic) bond motifs is 2. The third-order valence-electron chi connectivity index (χ3n) is 5.42. The number of allylic oxidation sites excluding steroid dienone is 1. The molecule has 0 fully saturated rings. The summed E-state index contributed by atoms with van der Waals surface area (Å²) >= 11 is 0. The highest BCUT2D eigenvalue weighted by Crippen LogP contribution is 2.37. The molecule has 5 heteroatoms. The van der Waals surface area contributed by atoms with Gasteiger partial charge in [0.2, 0.25) is 0 Å². The molecule has 2 aromatic carbocycles. The normalized spacial score (nSPS) is 16.5. The van der Waals surface area contributed by atoms with E-state index < -0.39 is 0 Å². The average molecular weight is 376 g/mol. The second kappa shape index (κ2) is 7.58. The van der Waals surface area contributed by atoms with Crippen LogP contribution in [0.3, 0.4) is 0 Å². The van der Waals surface area contributed by atoms with Crippen LogP contribution in [-0.2, 0) is 6.42 Å². The number of aromatic nitrogens is 2. The Kier molecular flexibility index (Phi) is 4.99. The lowest BCUT2D eigenvalue weighted by Crippen LogP contribution is -2.08. The molecule has 1 aliphatic heterocycles. The van der Waals surface area contributed by atoms with Gasteiger partial charge in [-0.05, 0) is 48.4 Å². The zero-order valence-electron chi connectivity index (χ0n) is 16.3. The van der Waals surface area contributed by atoms with E-state index in [1.807, 2.05) is 24.4 Å². The van der Waals surface area contributed by atoms with E-state index in [0.29, 0.717) is 22.7 Å². The van der Waals surface area contributed by atoms with E-state index in [-0.39, 0.29) is 5.82 Å². The van der Waals surface area contributed by atoms with Crippen LogP contribution in [0.25, 0.3) is 27.9 Å². The molecule has 1 atom stereocenters. The third-order valence-corrected chi connectivity index (χ3v) is 5.42. The number of imidazole rings is 1. The van der Waals surface area contributed by atoms with Crippen molar-refractivity contribution in [3.05, 3.63) is 53.6 Å². The number of hydrogen-bond acceptors (Lipinski definition) is 3. The zero-order valence-corrected chi connectivity index (χ0v) is 16.3. The summed E-state index contributed by atoms with van der Waals surface area (Å²) in [5.41, 5.74) is 12.2. The van der Waals surface area contributed by atoms with Gasteiger partial charge in [0, 0.05) is 17.5 Å². The molecule has 1 unspecified atom stereocenters. The van der Waals surface area contributed by atoms with Gasteiger partial charge in [0.25, 0.3) is 0 Å². The van der Waals surface area contributed by atoms with Gasteiger partial charge < -0.3 is 10.7 Å². The van der Waals surface area contributed by atoms with Crippen molar-refractivity contribution in [2.24, 2.45) is 16.6 Å². The smallest absolute Gasteiger partial charge is 0.135 e. The molecule has 1 aliphatic rings. The predicted octanol–water partition coefficient (Wildman–Crippen LogP) is 5.75. The fourth-order valence-electron chi connectivity index (χ4n) is 3.77. The van der Waals surface area contributed by atoms with E-state index in [1.165, 1.54) is 11.6 Å². The molecule has 0 radical (unpaired) electrons. The largest absolute Gasteiger partial charge is 0.398 e. The first-order valence-electron chi connectivity index (χ1n) is 9.91. The number of nitrogens with zero attached hydrogens (tertiary/aromatic N) is 2. The second-order valence-corrected chi connectivity index (χ2v) is 7.35. The van der Waals surface area contributed by atoms with Crippen LogP contribution < -0.4 is 5.73 Å². The standard InChI is InChI=1S/C23H25FN4/c1-3-5-6-19(25)21-18(24)11-17(22-23(21)28-13-27-22)15-7-8-16-9-14(4-2)12-26-20(16)10-15/h6-8,10-14H,3-5,9,25H2,1-2H3,(H,27,28)/b19-6+. The summed E-state index contributed by atoms with van der Waals surface area (Å²) in [7, 11) is 0. The van der Waals surface area contributed by atoms with Crippen molar-refractivity contribution in [3.63, 3.8) is 0 Å². The Morgan fingerprint density at radius 2 is 2.18 bits per heavy atom. The molecule has 144 valence electrons. The van der Waals surface area contributed by atoms with Crippen molar-refractivity contribution in [3.8, 4) is 11.1 Å². The molecular weight excluding hydrogens is 351 g/mol. The number of nitrogens with two attached hydrogens (primary N) is 1. The van der Waals surface area contributed by atoms with Crippen molar-refractivity contribution >= 4 is 28.6 Å². The zero-order chi connectivity index (χ0) is 19.7. The highest BCUT2D eigenvalue weighted by molar-refractivity contribution is 5.98. The fraction of sp³-hybridized carbons (Fsp3) is 0.304. The van der Waals surface area contributed by atoms with Crippen LogP contribution in [0.4, 0.5) is 10.1 Å². The molecule has 28 heavy (non-hydrogen) atoms. The monoisotopic (exact) mass is 376 g/mol. The van der Waals surface area contributed by atoms with Gasteiger partial charge in [0.15, 0.2) is 0 Å². The number of hydrogen-bond donors (Lipinski definition) is 2. The van der Waals surface area contributed by atoms with E-state index in [1.54, 1.807) is 6.33 Å². The van der Waals surface area contributed by atoms with Gasteiger partial charge >= 0.3 is 0 Å². The molecule has 0 bridgehead atoms. The lowest BCUT2D eigenvalue weighted by atomic mass is 9.91. The Morgan fingerprint density at radius 1 is 1.32 bits per heavy atom. The van der Waals surface area contributed by atoms with Crippen molar-refractivity contribution in [1.82, 2.24) is 9.97 Å². The van der Waals surface area contributed by atoms with E-state index in [0.717, 1.165) is 48.0 Å². The van der Waals surface area contributed by atoms with E-state index in [2.05, 4.69) is 34.9 Å². The summed E-state index contributed by atoms with van der Waals surface area (Å²) in [6.45, 7) is 4.24. The van der Waals surface area contributed by atoms with Gasteiger partial charge in [-0.15, -0.1) is 0 Å². The fourth-order valence-corrected chi connectivity index (χ4v) is 3.77. The topological polar surface area (TPSA) is 67.1 Å². The predicted molar refractivity (Wildman–Crippen MR) is 114 cm³/mol. The van der Waals surface area contributed by atoms with Crippen molar-refractivity contribution in [2.45, 2.75) is 39.5 Å². The van der Waals surface area contributed by atoms with Gasteiger partial charge in [-0.25, -0.2) is 9.37 Å². The number of halogens is 1. The number of nitrogens with one attached hydrogen (secondary N) is 1. The molecule has 0 saturated heterocycles. The van der Waals surface area contributed by atoms with Gasteiger partial charge in [0.05, 0.1) is 28.6 Å². The molecule has 2 heterocycles. The van der Waals surface area contributed by atoms with Gasteiger partial charge in [-0.2, -0.15) is 0 Å². The average Bonchev–Trinajstić information content (AvgIpc) is 3.20. The summed E-state index contributed by atoms with van der Waals surface area (Å²) in [6, 6.07) is 7.69. The lowest BCUT2D eigenvalue weighted by molar-refractivity contribution is 0.626. The number of H-pyrrole nitrogens is 1. The quantitative estimate of drug-likeness (QED) is 0.595. The van der Waals surface area contributed by atoms with E-state index in [4.69, 9.17) is 5.73 Å². The minimum absolute atomic E-state index is 0.344. The Balaban J connectivity index is 1.82. The van der Waals surface area contributed by atoms with Crippen LogP contribution in [0.15, 0.2) is 41.7 Å². The first-order chi connectivity index (χ1) is 13.6. The molecule has 0 saturated carbocycles. The van der Waals surface area contributed by atoms with Gasteiger partial charge in [-0.1, -0.05) is 38.5 Å². The minimum atomic E-state index is -0.344. The first kappa shape index (κ1) is 18.4. The van der Waals surface area contributed by atoms with Crippen LogP contribution in [0.1, 0.15) is 44.2 Å². The second-order valence-electron chi connectivity index (χ2n) is 7.35. The number of aromatic amines is 1. The van der Waals surface area contributed by atoms with Crippen LogP contribution in [0.5, 0.6) is 0 Å². The van der Waals surface area contributed by atoms with Crippen LogP contribution in [-0.4, -0.2) is 16.2 Å². The minimum Gasteiger partial charge on any atom is -0.398 e. The Morgan fingerprint density at radius 3 is 2.96 bits per heavy atom. The molecule has 1 aromatic heterocycles. The maximum Gasteiger partial charge on any atom is 0.135 e. The summed E-state index contributed by atoms with van der Waals surface area (Å²) in [4.78, 5) is 12.1. The van der Waals surface area contributed by atoms with Crippen LogP contribution >= 0.6 is 0 Å². The molecular formula is C23H25FN4. The lowest BCUT2D eigenvalue weighted by Gasteiger charge is -2.18. The van der Waals surface area contributed by atoms with Gasteiger partial charge in [-0.3, -0.25) is 4.99 Å². The SMILES string of the molecule is CCC/C=C(/N)c1c(F)cc(-c2ccc3c(c2)N=CC(CC)C3)c2nc[nH]c12. The molecule has 3 N–H and O–H groups in total. The molecule has 4 nitrogen and oxygen atoms in total. The summed E-state index contributed by atoms with van der Waals surface area (Å²) in [5, 5.41) is 0. The van der Waals surface area contributed by atoms with Crippen molar-refractivity contribution < 1.29 is 4.39 Å². The highest BCUT2D eigenvalue weighted by Gasteiger charge is 2.19. The van der Waals surface area contributed by atoms with E-state index in [9.17, 15) is 0 Å². The Bertz CT molecular complexity index is 1080.